The van der Waals surface area contributed by atoms with E-state index in [2.05, 4.69) is 20.5 Å². The highest BCUT2D eigenvalue weighted by molar-refractivity contribution is 5.91. The van der Waals surface area contributed by atoms with Gasteiger partial charge in [0.25, 0.3) is 5.91 Å². The van der Waals surface area contributed by atoms with Crippen molar-refractivity contribution in [2.75, 3.05) is 40.3 Å². The van der Waals surface area contributed by atoms with Crippen LogP contribution in [0.25, 0.3) is 0 Å². The first-order chi connectivity index (χ1) is 11.7. The van der Waals surface area contributed by atoms with Crippen molar-refractivity contribution >= 4 is 17.8 Å². The third-order valence-electron chi connectivity index (χ3n) is 3.98. The number of amides is 1. The van der Waals surface area contributed by atoms with E-state index < -0.39 is 0 Å². The van der Waals surface area contributed by atoms with Gasteiger partial charge >= 0.3 is 5.97 Å². The molecule has 0 spiro atoms. The number of hydrogen-bond acceptors (Lipinski definition) is 5. The van der Waals surface area contributed by atoms with Crippen LogP contribution in [0.2, 0.25) is 0 Å². The lowest BCUT2D eigenvalue weighted by Crippen LogP contribution is -2.48. The fraction of sp³-hybridized carbons (Fsp3) is 0.562. The molecule has 8 nitrogen and oxygen atoms in total. The van der Waals surface area contributed by atoms with Crippen LogP contribution in [0.15, 0.2) is 27.8 Å². The van der Waals surface area contributed by atoms with Crippen LogP contribution >= 0.6 is 0 Å². The summed E-state index contributed by atoms with van der Waals surface area (Å²) in [6.45, 7) is 2.50. The number of guanidine groups is 1. The van der Waals surface area contributed by atoms with Gasteiger partial charge in [0.05, 0.1) is 19.3 Å². The Morgan fingerprint density at radius 3 is 2.62 bits per heavy atom. The predicted octanol–water partition coefficient (Wildman–Crippen LogP) is 0.470. The molecule has 1 amide bonds. The van der Waals surface area contributed by atoms with Gasteiger partial charge in [-0.05, 0) is 25.0 Å². The molecule has 1 aromatic heterocycles. The number of carbonyl (C=O) groups is 2. The predicted molar refractivity (Wildman–Crippen MR) is 88.7 cm³/mol. The summed E-state index contributed by atoms with van der Waals surface area (Å²) in [6, 6.07) is 3.29. The van der Waals surface area contributed by atoms with Gasteiger partial charge < -0.3 is 24.7 Å². The molecule has 0 radical (unpaired) electrons. The second-order valence-corrected chi connectivity index (χ2v) is 5.49. The summed E-state index contributed by atoms with van der Waals surface area (Å²) in [4.78, 5) is 29.6. The Labute approximate surface area is 141 Å². The van der Waals surface area contributed by atoms with Crippen molar-refractivity contribution in [1.82, 2.24) is 15.5 Å². The van der Waals surface area contributed by atoms with E-state index in [4.69, 9.17) is 9.15 Å². The molecule has 0 atom stereocenters. The summed E-state index contributed by atoms with van der Waals surface area (Å²) in [5.41, 5.74) is 0. The average Bonchev–Trinajstić information content (AvgIpc) is 3.16. The molecule has 24 heavy (non-hydrogen) atoms. The summed E-state index contributed by atoms with van der Waals surface area (Å²) in [7, 11) is 3.14. The number of hydrogen-bond donors (Lipinski definition) is 2. The van der Waals surface area contributed by atoms with Crippen LogP contribution < -0.4 is 10.6 Å². The number of esters is 1. The molecule has 132 valence electrons. The van der Waals surface area contributed by atoms with Crippen molar-refractivity contribution in [3.8, 4) is 0 Å². The lowest BCUT2D eigenvalue weighted by molar-refractivity contribution is -0.146. The standard InChI is InChI=1S/C16H24N4O4/c1-17-16(20-9-5-12(6-10-20)15(22)23-2)19-8-7-18-14(21)13-4-3-11-24-13/h3-4,11-12H,5-10H2,1-2H3,(H,17,19)(H,18,21). The first-order valence-corrected chi connectivity index (χ1v) is 8.00. The zero-order chi connectivity index (χ0) is 17.4. The number of methoxy groups -OCH3 is 1. The quantitative estimate of drug-likeness (QED) is 0.351. The zero-order valence-corrected chi connectivity index (χ0v) is 14.1. The van der Waals surface area contributed by atoms with Crippen molar-refractivity contribution < 1.29 is 18.7 Å². The number of likely N-dealkylation sites (tertiary alicyclic amines) is 1. The first-order valence-electron chi connectivity index (χ1n) is 8.00. The Bertz CT molecular complexity index is 563. The fourth-order valence-electron chi connectivity index (χ4n) is 2.67. The van der Waals surface area contributed by atoms with Crippen LogP contribution in [0.4, 0.5) is 0 Å². The molecule has 1 saturated heterocycles. The van der Waals surface area contributed by atoms with Crippen molar-refractivity contribution in [2.45, 2.75) is 12.8 Å². The molecular weight excluding hydrogens is 312 g/mol. The van der Waals surface area contributed by atoms with Crippen molar-refractivity contribution in [3.05, 3.63) is 24.2 Å². The van der Waals surface area contributed by atoms with E-state index in [0.29, 0.717) is 18.8 Å². The molecule has 0 bridgehead atoms. The minimum Gasteiger partial charge on any atom is -0.469 e. The Hall–Kier alpha value is -2.51. The lowest BCUT2D eigenvalue weighted by Gasteiger charge is -2.33. The number of piperidine rings is 1. The number of carbonyl (C=O) groups excluding carboxylic acids is 2. The Balaban J connectivity index is 1.69. The number of nitrogens with one attached hydrogen (secondary N) is 2. The molecule has 1 aromatic rings. The smallest absolute Gasteiger partial charge is 0.308 e. The maximum absolute atomic E-state index is 11.7. The average molecular weight is 336 g/mol. The van der Waals surface area contributed by atoms with Gasteiger partial charge in [0.15, 0.2) is 11.7 Å². The van der Waals surface area contributed by atoms with Crippen LogP contribution in [0.1, 0.15) is 23.4 Å². The number of furan rings is 1. The number of nitrogens with zero attached hydrogens (tertiary/aromatic N) is 2. The van der Waals surface area contributed by atoms with Gasteiger partial charge in [-0.25, -0.2) is 0 Å². The van der Waals surface area contributed by atoms with Gasteiger partial charge in [0, 0.05) is 33.2 Å². The lowest BCUT2D eigenvalue weighted by atomic mass is 9.97. The third kappa shape index (κ3) is 4.74. The molecule has 0 aliphatic carbocycles. The summed E-state index contributed by atoms with van der Waals surface area (Å²) in [5, 5.41) is 5.98. The normalized spacial score (nSPS) is 15.9. The third-order valence-corrected chi connectivity index (χ3v) is 3.98. The minimum atomic E-state index is -0.240. The minimum absolute atomic E-state index is 0.0306. The van der Waals surface area contributed by atoms with Crippen LogP contribution in [0.3, 0.4) is 0 Å². The summed E-state index contributed by atoms with van der Waals surface area (Å²) >= 11 is 0. The SMILES string of the molecule is CN=C(NCCNC(=O)c1ccco1)N1CCC(C(=O)OC)CC1. The van der Waals surface area contributed by atoms with E-state index >= 15 is 0 Å². The van der Waals surface area contributed by atoms with E-state index in [9.17, 15) is 9.59 Å². The number of rotatable bonds is 5. The highest BCUT2D eigenvalue weighted by atomic mass is 16.5. The van der Waals surface area contributed by atoms with E-state index in [1.54, 1.807) is 19.2 Å². The van der Waals surface area contributed by atoms with E-state index in [-0.39, 0.29) is 17.8 Å². The fourth-order valence-corrected chi connectivity index (χ4v) is 2.67. The van der Waals surface area contributed by atoms with Crippen molar-refractivity contribution in [1.29, 1.82) is 0 Å². The van der Waals surface area contributed by atoms with Crippen LogP contribution in [0, 0.1) is 5.92 Å². The van der Waals surface area contributed by atoms with Gasteiger partial charge in [-0.15, -0.1) is 0 Å². The van der Waals surface area contributed by atoms with Gasteiger partial charge in [-0.1, -0.05) is 0 Å². The molecule has 1 fully saturated rings. The van der Waals surface area contributed by atoms with Crippen LogP contribution in [0.5, 0.6) is 0 Å². The van der Waals surface area contributed by atoms with Gasteiger partial charge in [0.1, 0.15) is 0 Å². The zero-order valence-electron chi connectivity index (χ0n) is 14.1. The van der Waals surface area contributed by atoms with E-state index in [0.717, 1.165) is 31.9 Å². The largest absolute Gasteiger partial charge is 0.469 e. The molecule has 1 aliphatic rings. The van der Waals surface area contributed by atoms with Gasteiger partial charge in [0.2, 0.25) is 0 Å². The maximum Gasteiger partial charge on any atom is 0.308 e. The molecular formula is C16H24N4O4. The molecule has 0 unspecified atom stereocenters. The summed E-state index contributed by atoms with van der Waals surface area (Å²) < 4.78 is 9.82. The molecule has 0 saturated carbocycles. The van der Waals surface area contributed by atoms with Crippen LogP contribution in [-0.2, 0) is 9.53 Å². The van der Waals surface area contributed by atoms with Gasteiger partial charge in [-0.3, -0.25) is 14.6 Å². The van der Waals surface area contributed by atoms with Gasteiger partial charge in [-0.2, -0.15) is 0 Å². The number of aliphatic imine (C=N–C) groups is 1. The topological polar surface area (TPSA) is 96.2 Å². The van der Waals surface area contributed by atoms with E-state index in [1.165, 1.54) is 13.4 Å². The molecule has 8 heteroatoms. The maximum atomic E-state index is 11.7. The van der Waals surface area contributed by atoms with Crippen molar-refractivity contribution in [3.63, 3.8) is 0 Å². The monoisotopic (exact) mass is 336 g/mol. The summed E-state index contributed by atoms with van der Waals surface area (Å²) in [6.07, 6.45) is 2.97. The molecule has 1 aliphatic heterocycles. The molecule has 2 N–H and O–H groups in total. The molecule has 2 heterocycles. The van der Waals surface area contributed by atoms with Crippen molar-refractivity contribution in [2.24, 2.45) is 10.9 Å². The highest BCUT2D eigenvalue weighted by Gasteiger charge is 2.26. The molecule has 2 rings (SSSR count). The second-order valence-electron chi connectivity index (χ2n) is 5.49. The summed E-state index contributed by atoms with van der Waals surface area (Å²) in [5.74, 6) is 0.653. The van der Waals surface area contributed by atoms with E-state index in [1.807, 2.05) is 0 Å². The second kappa shape index (κ2) is 8.95. The van der Waals surface area contributed by atoms with Crippen LogP contribution in [-0.4, -0.2) is 63.1 Å². The first kappa shape index (κ1) is 17.8. The number of ether oxygens (including phenoxy) is 1. The highest BCUT2D eigenvalue weighted by Crippen LogP contribution is 2.18. The Kier molecular flexibility index (Phi) is 6.65. The Morgan fingerprint density at radius 2 is 2.04 bits per heavy atom. The molecule has 0 aromatic carbocycles. The Morgan fingerprint density at radius 1 is 1.33 bits per heavy atom.